The molecule has 1 amide bonds. The highest BCUT2D eigenvalue weighted by Crippen LogP contribution is 2.20. The summed E-state index contributed by atoms with van der Waals surface area (Å²) >= 11 is 5.91. The Bertz CT molecular complexity index is 458. The molecule has 0 radical (unpaired) electrons. The molecule has 2 heterocycles. The van der Waals surface area contributed by atoms with E-state index in [2.05, 4.69) is 22.1 Å². The molecule has 5 nitrogen and oxygen atoms in total. The molecule has 1 aliphatic rings. The van der Waals surface area contributed by atoms with E-state index in [9.17, 15) is 4.79 Å². The first kappa shape index (κ1) is 15.2. The minimum Gasteiger partial charge on any atom is -0.328 e. The zero-order valence-corrected chi connectivity index (χ0v) is 12.4. The summed E-state index contributed by atoms with van der Waals surface area (Å²) in [4.78, 5) is 18.1. The van der Waals surface area contributed by atoms with Gasteiger partial charge in [0.15, 0.2) is 5.15 Å². The second kappa shape index (κ2) is 7.02. The number of piperidine rings is 1. The Morgan fingerprint density at radius 1 is 1.60 bits per heavy atom. The van der Waals surface area contributed by atoms with Gasteiger partial charge >= 0.3 is 0 Å². The predicted octanol–water partition coefficient (Wildman–Crippen LogP) is 1.73. The van der Waals surface area contributed by atoms with E-state index < -0.39 is 0 Å². The standard InChI is InChI=1S/C14H21ClN4O/c1-10(16)11-4-7-19(8-5-11)9-13(20)18-12-3-2-6-17-14(12)15/h2-3,6,10-11H,4-5,7-9,16H2,1H3,(H,18,20). The van der Waals surface area contributed by atoms with Gasteiger partial charge in [0, 0.05) is 12.2 Å². The third-order valence-electron chi connectivity index (χ3n) is 3.78. The molecule has 2 rings (SSSR count). The molecule has 1 aromatic heterocycles. The van der Waals surface area contributed by atoms with Crippen molar-refractivity contribution >= 4 is 23.2 Å². The number of anilines is 1. The lowest BCUT2D eigenvalue weighted by molar-refractivity contribution is -0.117. The number of aromatic nitrogens is 1. The Morgan fingerprint density at radius 3 is 2.90 bits per heavy atom. The maximum absolute atomic E-state index is 12.0. The normalized spacial score (nSPS) is 18.8. The average Bonchev–Trinajstić information content (AvgIpc) is 2.42. The van der Waals surface area contributed by atoms with Gasteiger partial charge in [0.25, 0.3) is 0 Å². The van der Waals surface area contributed by atoms with Crippen molar-refractivity contribution in [3.63, 3.8) is 0 Å². The van der Waals surface area contributed by atoms with Crippen LogP contribution in [0, 0.1) is 5.92 Å². The van der Waals surface area contributed by atoms with Crippen LogP contribution in [0.3, 0.4) is 0 Å². The molecule has 1 fully saturated rings. The first-order chi connectivity index (χ1) is 9.56. The van der Waals surface area contributed by atoms with Crippen molar-refractivity contribution in [3.05, 3.63) is 23.5 Å². The van der Waals surface area contributed by atoms with Crippen LogP contribution in [-0.4, -0.2) is 41.5 Å². The van der Waals surface area contributed by atoms with Gasteiger partial charge in [-0.15, -0.1) is 0 Å². The molecule has 20 heavy (non-hydrogen) atoms. The number of carbonyl (C=O) groups excluding carboxylic acids is 1. The lowest BCUT2D eigenvalue weighted by Gasteiger charge is -2.33. The number of rotatable bonds is 4. The molecular weight excluding hydrogens is 276 g/mol. The van der Waals surface area contributed by atoms with Gasteiger partial charge in [-0.2, -0.15) is 0 Å². The summed E-state index contributed by atoms with van der Waals surface area (Å²) in [5, 5.41) is 3.11. The highest BCUT2D eigenvalue weighted by Gasteiger charge is 2.23. The molecule has 1 aromatic rings. The Labute approximate surface area is 124 Å². The van der Waals surface area contributed by atoms with Gasteiger partial charge in [-0.3, -0.25) is 9.69 Å². The molecule has 0 spiro atoms. The van der Waals surface area contributed by atoms with Crippen molar-refractivity contribution < 1.29 is 4.79 Å². The zero-order chi connectivity index (χ0) is 14.5. The lowest BCUT2D eigenvalue weighted by atomic mass is 9.91. The Morgan fingerprint density at radius 2 is 2.30 bits per heavy atom. The summed E-state index contributed by atoms with van der Waals surface area (Å²) in [5.41, 5.74) is 6.47. The molecule has 6 heteroatoms. The van der Waals surface area contributed by atoms with E-state index in [1.165, 1.54) is 0 Å². The van der Waals surface area contributed by atoms with Crippen LogP contribution >= 0.6 is 11.6 Å². The molecule has 0 saturated carbocycles. The number of hydrogen-bond acceptors (Lipinski definition) is 4. The smallest absolute Gasteiger partial charge is 0.238 e. The highest BCUT2D eigenvalue weighted by molar-refractivity contribution is 6.32. The van der Waals surface area contributed by atoms with Crippen LogP contribution in [0.4, 0.5) is 5.69 Å². The number of nitrogens with two attached hydrogens (primary N) is 1. The van der Waals surface area contributed by atoms with E-state index in [0.29, 0.717) is 23.3 Å². The van der Waals surface area contributed by atoms with Crippen LogP contribution in [0.25, 0.3) is 0 Å². The van der Waals surface area contributed by atoms with Gasteiger partial charge in [0.2, 0.25) is 5.91 Å². The maximum atomic E-state index is 12.0. The fourth-order valence-corrected chi connectivity index (χ4v) is 2.68. The number of hydrogen-bond donors (Lipinski definition) is 2. The van der Waals surface area contributed by atoms with Crippen LogP contribution in [0.2, 0.25) is 5.15 Å². The first-order valence-corrected chi connectivity index (χ1v) is 7.32. The van der Waals surface area contributed by atoms with Gasteiger partial charge < -0.3 is 11.1 Å². The van der Waals surface area contributed by atoms with Crippen molar-refractivity contribution in [1.82, 2.24) is 9.88 Å². The van der Waals surface area contributed by atoms with Crippen LogP contribution in [0.15, 0.2) is 18.3 Å². The second-order valence-electron chi connectivity index (χ2n) is 5.36. The minimum absolute atomic E-state index is 0.0563. The minimum atomic E-state index is -0.0563. The number of nitrogens with zero attached hydrogens (tertiary/aromatic N) is 2. The highest BCUT2D eigenvalue weighted by atomic mass is 35.5. The SMILES string of the molecule is CC(N)C1CCN(CC(=O)Nc2cccnc2Cl)CC1. The van der Waals surface area contributed by atoms with Gasteiger partial charge in [-0.25, -0.2) is 4.98 Å². The molecule has 110 valence electrons. The largest absolute Gasteiger partial charge is 0.328 e. The molecule has 3 N–H and O–H groups in total. The summed E-state index contributed by atoms with van der Waals surface area (Å²) < 4.78 is 0. The molecular formula is C14H21ClN4O. The molecule has 1 atom stereocenters. The van der Waals surface area contributed by atoms with E-state index in [1.807, 2.05) is 0 Å². The van der Waals surface area contributed by atoms with E-state index in [1.54, 1.807) is 18.3 Å². The second-order valence-corrected chi connectivity index (χ2v) is 5.72. The fraction of sp³-hybridized carbons (Fsp3) is 0.571. The van der Waals surface area contributed by atoms with Crippen molar-refractivity contribution in [2.45, 2.75) is 25.8 Å². The van der Waals surface area contributed by atoms with Gasteiger partial charge in [-0.05, 0) is 50.9 Å². The molecule has 0 aromatic carbocycles. The van der Waals surface area contributed by atoms with Crippen LogP contribution in [0.1, 0.15) is 19.8 Å². The zero-order valence-electron chi connectivity index (χ0n) is 11.7. The number of amides is 1. The Balaban J connectivity index is 1.80. The summed E-state index contributed by atoms with van der Waals surface area (Å²) in [6.45, 7) is 4.27. The Kier molecular flexibility index (Phi) is 5.34. The number of carbonyl (C=O) groups is 1. The number of pyridine rings is 1. The monoisotopic (exact) mass is 296 g/mol. The van der Waals surface area contributed by atoms with E-state index in [0.717, 1.165) is 25.9 Å². The molecule has 1 aliphatic heterocycles. The topological polar surface area (TPSA) is 71.2 Å². The maximum Gasteiger partial charge on any atom is 0.238 e. The summed E-state index contributed by atoms with van der Waals surface area (Å²) in [5.74, 6) is 0.515. The number of halogens is 1. The quantitative estimate of drug-likeness (QED) is 0.830. The van der Waals surface area contributed by atoms with Crippen molar-refractivity contribution in [3.8, 4) is 0 Å². The van der Waals surface area contributed by atoms with Crippen molar-refractivity contribution in [2.75, 3.05) is 25.0 Å². The molecule has 1 saturated heterocycles. The fourth-order valence-electron chi connectivity index (χ4n) is 2.51. The third-order valence-corrected chi connectivity index (χ3v) is 4.08. The van der Waals surface area contributed by atoms with Gasteiger partial charge in [-0.1, -0.05) is 11.6 Å². The van der Waals surface area contributed by atoms with Crippen LogP contribution < -0.4 is 11.1 Å². The predicted molar refractivity (Wildman–Crippen MR) is 80.7 cm³/mol. The number of nitrogens with one attached hydrogen (secondary N) is 1. The number of likely N-dealkylation sites (tertiary alicyclic amines) is 1. The van der Waals surface area contributed by atoms with Gasteiger partial charge in [0.05, 0.1) is 12.2 Å². The summed E-state index contributed by atoms with van der Waals surface area (Å²) in [7, 11) is 0. The van der Waals surface area contributed by atoms with Crippen molar-refractivity contribution in [1.29, 1.82) is 0 Å². The third kappa shape index (κ3) is 4.16. The van der Waals surface area contributed by atoms with Crippen molar-refractivity contribution in [2.24, 2.45) is 11.7 Å². The van der Waals surface area contributed by atoms with E-state index in [-0.39, 0.29) is 11.9 Å². The Hall–Kier alpha value is -1.17. The molecule has 0 bridgehead atoms. The first-order valence-electron chi connectivity index (χ1n) is 6.94. The molecule has 0 aliphatic carbocycles. The van der Waals surface area contributed by atoms with Gasteiger partial charge in [0.1, 0.15) is 0 Å². The average molecular weight is 297 g/mol. The summed E-state index contributed by atoms with van der Waals surface area (Å²) in [6, 6.07) is 3.73. The van der Waals surface area contributed by atoms with E-state index >= 15 is 0 Å². The van der Waals surface area contributed by atoms with Crippen LogP contribution in [-0.2, 0) is 4.79 Å². The lowest BCUT2D eigenvalue weighted by Crippen LogP contribution is -2.42. The molecule has 1 unspecified atom stereocenters. The summed E-state index contributed by atoms with van der Waals surface area (Å²) in [6.07, 6.45) is 3.70. The van der Waals surface area contributed by atoms with E-state index in [4.69, 9.17) is 17.3 Å². The van der Waals surface area contributed by atoms with Crippen LogP contribution in [0.5, 0.6) is 0 Å².